The summed E-state index contributed by atoms with van der Waals surface area (Å²) in [6.45, 7) is 0. The molecule has 1 aromatic carbocycles. The van der Waals surface area contributed by atoms with Crippen molar-refractivity contribution < 1.29 is 0 Å². The Labute approximate surface area is 89.5 Å². The van der Waals surface area contributed by atoms with Crippen molar-refractivity contribution in [3.05, 3.63) is 29.8 Å². The SMILES string of the molecule is CSc1ccccc1C#CCCS. The molecule has 0 unspecified atom stereocenters. The molecular weight excluding hydrogens is 196 g/mol. The topological polar surface area (TPSA) is 0 Å². The first kappa shape index (κ1) is 10.6. The zero-order chi connectivity index (χ0) is 9.52. The number of hydrogen-bond donors (Lipinski definition) is 1. The van der Waals surface area contributed by atoms with Gasteiger partial charge in [0, 0.05) is 22.6 Å². The van der Waals surface area contributed by atoms with E-state index < -0.39 is 0 Å². The Kier molecular flexibility index (Phi) is 4.88. The Bertz CT molecular complexity index is 320. The third-order valence-corrected chi connectivity index (χ3v) is 2.59. The van der Waals surface area contributed by atoms with Gasteiger partial charge in [-0.1, -0.05) is 24.0 Å². The number of benzene rings is 1. The van der Waals surface area contributed by atoms with Crippen LogP contribution in [0.5, 0.6) is 0 Å². The fourth-order valence-electron chi connectivity index (χ4n) is 0.962. The van der Waals surface area contributed by atoms with Crippen LogP contribution < -0.4 is 0 Å². The summed E-state index contributed by atoms with van der Waals surface area (Å²) in [5.74, 6) is 7.06. The summed E-state index contributed by atoms with van der Waals surface area (Å²) < 4.78 is 0. The molecule has 0 radical (unpaired) electrons. The molecule has 0 aliphatic carbocycles. The first-order chi connectivity index (χ1) is 6.38. The van der Waals surface area contributed by atoms with E-state index >= 15 is 0 Å². The molecule has 0 nitrogen and oxygen atoms in total. The van der Waals surface area contributed by atoms with Crippen molar-refractivity contribution in [3.63, 3.8) is 0 Å². The molecule has 0 heterocycles. The van der Waals surface area contributed by atoms with E-state index in [4.69, 9.17) is 0 Å². The normalized spacial score (nSPS) is 9.08. The highest BCUT2D eigenvalue weighted by atomic mass is 32.2. The molecule has 13 heavy (non-hydrogen) atoms. The molecule has 0 saturated carbocycles. The molecule has 0 aromatic heterocycles. The highest BCUT2D eigenvalue weighted by molar-refractivity contribution is 7.98. The third-order valence-electron chi connectivity index (χ3n) is 1.57. The average molecular weight is 208 g/mol. The Morgan fingerprint density at radius 2 is 2.15 bits per heavy atom. The van der Waals surface area contributed by atoms with Crippen molar-refractivity contribution in [3.8, 4) is 11.8 Å². The standard InChI is InChI=1S/C11H12S2/c1-13-11-8-3-2-6-10(11)7-4-5-9-12/h2-3,6,8,12H,5,9H2,1H3. The van der Waals surface area contributed by atoms with Gasteiger partial charge < -0.3 is 0 Å². The van der Waals surface area contributed by atoms with Crippen LogP contribution in [0.1, 0.15) is 12.0 Å². The van der Waals surface area contributed by atoms with Crippen molar-refractivity contribution in [2.75, 3.05) is 12.0 Å². The van der Waals surface area contributed by atoms with Crippen LogP contribution in [-0.2, 0) is 0 Å². The van der Waals surface area contributed by atoms with E-state index in [1.807, 2.05) is 12.1 Å². The van der Waals surface area contributed by atoms with Gasteiger partial charge in [-0.15, -0.1) is 11.8 Å². The summed E-state index contributed by atoms with van der Waals surface area (Å²) in [4.78, 5) is 1.24. The Hall–Kier alpha value is -0.520. The fraction of sp³-hybridized carbons (Fsp3) is 0.273. The summed E-state index contributed by atoms with van der Waals surface area (Å²) in [6, 6.07) is 8.20. The average Bonchev–Trinajstić information content (AvgIpc) is 2.19. The van der Waals surface area contributed by atoms with Crippen molar-refractivity contribution in [1.29, 1.82) is 0 Å². The molecule has 0 aliphatic rings. The number of rotatable bonds is 2. The Morgan fingerprint density at radius 3 is 2.85 bits per heavy atom. The van der Waals surface area contributed by atoms with Gasteiger partial charge in [-0.05, 0) is 18.4 Å². The lowest BCUT2D eigenvalue weighted by Gasteiger charge is -1.98. The molecule has 0 saturated heterocycles. The molecule has 0 atom stereocenters. The lowest BCUT2D eigenvalue weighted by atomic mass is 10.2. The zero-order valence-electron chi connectivity index (χ0n) is 7.58. The summed E-state index contributed by atoms with van der Waals surface area (Å²) in [5, 5.41) is 0. The maximum atomic E-state index is 4.11. The first-order valence-electron chi connectivity index (χ1n) is 4.11. The molecule has 0 N–H and O–H groups in total. The fourth-order valence-corrected chi connectivity index (χ4v) is 1.63. The van der Waals surface area contributed by atoms with E-state index in [0.717, 1.165) is 17.7 Å². The van der Waals surface area contributed by atoms with E-state index in [1.54, 1.807) is 11.8 Å². The van der Waals surface area contributed by atoms with Gasteiger partial charge in [0.05, 0.1) is 0 Å². The summed E-state index contributed by atoms with van der Waals surface area (Å²) in [7, 11) is 0. The van der Waals surface area contributed by atoms with Gasteiger partial charge in [0.1, 0.15) is 0 Å². The van der Waals surface area contributed by atoms with Crippen LogP contribution in [0.15, 0.2) is 29.2 Å². The second-order valence-electron chi connectivity index (χ2n) is 2.48. The minimum absolute atomic E-state index is 0.828. The second kappa shape index (κ2) is 6.01. The third kappa shape index (κ3) is 3.38. The summed E-state index contributed by atoms with van der Waals surface area (Å²) in [6.07, 6.45) is 2.92. The molecule has 0 amide bonds. The van der Waals surface area contributed by atoms with E-state index in [0.29, 0.717) is 0 Å². The lowest BCUT2D eigenvalue weighted by Crippen LogP contribution is -1.79. The molecule has 0 spiro atoms. The van der Waals surface area contributed by atoms with Crippen LogP contribution in [0.2, 0.25) is 0 Å². The second-order valence-corrected chi connectivity index (χ2v) is 3.77. The van der Waals surface area contributed by atoms with Gasteiger partial charge in [0.25, 0.3) is 0 Å². The van der Waals surface area contributed by atoms with Crippen LogP contribution in [0.4, 0.5) is 0 Å². The van der Waals surface area contributed by atoms with E-state index in [1.165, 1.54) is 4.90 Å². The minimum Gasteiger partial charge on any atom is -0.178 e. The number of hydrogen-bond acceptors (Lipinski definition) is 2. The predicted molar refractivity (Wildman–Crippen MR) is 63.6 cm³/mol. The van der Waals surface area contributed by atoms with Crippen LogP contribution in [0.3, 0.4) is 0 Å². The quantitative estimate of drug-likeness (QED) is 0.443. The van der Waals surface area contributed by atoms with Gasteiger partial charge >= 0.3 is 0 Å². The molecule has 1 aromatic rings. The lowest BCUT2D eigenvalue weighted by molar-refractivity contribution is 1.30. The van der Waals surface area contributed by atoms with Crippen LogP contribution in [0, 0.1) is 11.8 Å². The number of thiol groups is 1. The van der Waals surface area contributed by atoms with Crippen molar-refractivity contribution in [2.24, 2.45) is 0 Å². The largest absolute Gasteiger partial charge is 0.178 e. The van der Waals surface area contributed by atoms with E-state index in [2.05, 4.69) is 42.9 Å². The molecule has 2 heteroatoms. The maximum Gasteiger partial charge on any atom is 0.0381 e. The van der Waals surface area contributed by atoms with Crippen molar-refractivity contribution in [2.45, 2.75) is 11.3 Å². The van der Waals surface area contributed by atoms with Gasteiger partial charge in [-0.25, -0.2) is 0 Å². The summed E-state index contributed by atoms with van der Waals surface area (Å²) >= 11 is 5.84. The van der Waals surface area contributed by atoms with Gasteiger partial charge in [0.15, 0.2) is 0 Å². The van der Waals surface area contributed by atoms with Crippen molar-refractivity contribution >= 4 is 24.4 Å². The molecular formula is C11H12S2. The zero-order valence-corrected chi connectivity index (χ0v) is 9.29. The first-order valence-corrected chi connectivity index (χ1v) is 5.97. The van der Waals surface area contributed by atoms with Gasteiger partial charge in [-0.3, -0.25) is 0 Å². The molecule has 0 fully saturated rings. The van der Waals surface area contributed by atoms with E-state index in [-0.39, 0.29) is 0 Å². The van der Waals surface area contributed by atoms with Crippen LogP contribution in [-0.4, -0.2) is 12.0 Å². The highest BCUT2D eigenvalue weighted by Crippen LogP contribution is 2.18. The molecule has 68 valence electrons. The van der Waals surface area contributed by atoms with Crippen LogP contribution in [0.25, 0.3) is 0 Å². The van der Waals surface area contributed by atoms with E-state index in [9.17, 15) is 0 Å². The Balaban J connectivity index is 2.82. The molecule has 0 aliphatic heterocycles. The molecule has 1 rings (SSSR count). The smallest absolute Gasteiger partial charge is 0.0381 e. The molecule has 0 bridgehead atoms. The number of thioether (sulfide) groups is 1. The monoisotopic (exact) mass is 208 g/mol. The van der Waals surface area contributed by atoms with Crippen molar-refractivity contribution in [1.82, 2.24) is 0 Å². The predicted octanol–water partition coefficient (Wildman–Crippen LogP) is 3.08. The van der Waals surface area contributed by atoms with Gasteiger partial charge in [0.2, 0.25) is 0 Å². The van der Waals surface area contributed by atoms with Gasteiger partial charge in [-0.2, -0.15) is 12.6 Å². The summed E-state index contributed by atoms with van der Waals surface area (Å²) in [5.41, 5.74) is 1.12. The van der Waals surface area contributed by atoms with Crippen LogP contribution >= 0.6 is 24.4 Å². The maximum absolute atomic E-state index is 4.11. The minimum atomic E-state index is 0.828. The Morgan fingerprint density at radius 1 is 1.38 bits per heavy atom. The highest BCUT2D eigenvalue weighted by Gasteiger charge is 1.94.